The number of nitrogens with two attached hydrogens (primary N) is 1. The van der Waals surface area contributed by atoms with Gasteiger partial charge < -0.3 is 20.4 Å². The minimum atomic E-state index is -0.567. The molecule has 2 heterocycles. The number of hydrogen-bond acceptors (Lipinski definition) is 6. The number of hydrogen-bond donors (Lipinski definition) is 2. The highest BCUT2D eigenvalue weighted by molar-refractivity contribution is 7.98. The number of carbonyl (C=O) groups excluding carboxylic acids is 2. The number of primary amides is 1. The predicted octanol–water partition coefficient (Wildman–Crippen LogP) is 2.41. The second-order valence-electron chi connectivity index (χ2n) is 7.42. The number of nitrogens with one attached hydrogen (secondary N) is 1. The van der Waals surface area contributed by atoms with Crippen molar-refractivity contribution in [2.45, 2.75) is 23.2 Å². The van der Waals surface area contributed by atoms with E-state index >= 15 is 0 Å². The first kappa shape index (κ1) is 21.6. The number of carbonyl (C=O) groups is 2. The molecule has 1 aliphatic heterocycles. The van der Waals surface area contributed by atoms with Crippen LogP contribution < -0.4 is 21.3 Å². The highest BCUT2D eigenvalue weighted by atomic mass is 32.2. The van der Waals surface area contributed by atoms with Crippen LogP contribution >= 0.6 is 11.8 Å². The van der Waals surface area contributed by atoms with E-state index in [0.717, 1.165) is 11.1 Å². The lowest BCUT2D eigenvalue weighted by molar-refractivity contribution is -0.120. The Hall–Kier alpha value is -3.59. The first-order chi connectivity index (χ1) is 15.4. The van der Waals surface area contributed by atoms with Crippen LogP contribution in [-0.4, -0.2) is 28.0 Å². The summed E-state index contributed by atoms with van der Waals surface area (Å²) in [6, 6.07) is 16.8. The number of rotatable bonds is 7. The maximum atomic E-state index is 13.0. The van der Waals surface area contributed by atoms with E-state index < -0.39 is 11.8 Å². The molecule has 2 aromatic carbocycles. The standard InChI is InChI=1S/C23H22N4O4S/c1-27-21-20(22(30)26-23(27)32-13-14-5-3-2-4-6-14)17(11-19(29)25-21)15-7-9-16(10-8-15)31-12-18(24)28/h2-10,17H,11-13H2,1H3,(H2,24,28)(H,25,29). The smallest absolute Gasteiger partial charge is 0.279 e. The summed E-state index contributed by atoms with van der Waals surface area (Å²) in [4.78, 5) is 40.7. The van der Waals surface area contributed by atoms with Gasteiger partial charge in [-0.05, 0) is 23.3 Å². The van der Waals surface area contributed by atoms with Gasteiger partial charge >= 0.3 is 0 Å². The molecule has 8 nitrogen and oxygen atoms in total. The van der Waals surface area contributed by atoms with Crippen LogP contribution in [0.5, 0.6) is 5.75 Å². The van der Waals surface area contributed by atoms with E-state index in [-0.39, 0.29) is 24.5 Å². The molecule has 2 amide bonds. The monoisotopic (exact) mass is 450 g/mol. The molecular formula is C23H22N4O4S. The Labute approximate surface area is 188 Å². The summed E-state index contributed by atoms with van der Waals surface area (Å²) in [6.45, 7) is -0.220. The molecule has 164 valence electrons. The quantitative estimate of drug-likeness (QED) is 0.422. The largest absolute Gasteiger partial charge is 0.484 e. The zero-order chi connectivity index (χ0) is 22.7. The van der Waals surface area contributed by atoms with Crippen LogP contribution in [0.4, 0.5) is 5.82 Å². The molecule has 0 radical (unpaired) electrons. The third-order valence-electron chi connectivity index (χ3n) is 5.18. The van der Waals surface area contributed by atoms with Gasteiger partial charge in [0, 0.05) is 25.1 Å². The molecule has 1 aliphatic rings. The Morgan fingerprint density at radius 3 is 2.59 bits per heavy atom. The van der Waals surface area contributed by atoms with Crippen LogP contribution in [0, 0.1) is 0 Å². The molecular weight excluding hydrogens is 428 g/mol. The summed E-state index contributed by atoms with van der Waals surface area (Å²) in [5.41, 5.74) is 7.11. The number of nitrogens with zero attached hydrogens (tertiary/aromatic N) is 2. The van der Waals surface area contributed by atoms with E-state index in [1.807, 2.05) is 30.3 Å². The zero-order valence-corrected chi connectivity index (χ0v) is 18.2. The van der Waals surface area contributed by atoms with Crippen LogP contribution in [0.15, 0.2) is 64.5 Å². The van der Waals surface area contributed by atoms with Gasteiger partial charge in [-0.25, -0.2) is 0 Å². The maximum absolute atomic E-state index is 13.0. The second-order valence-corrected chi connectivity index (χ2v) is 8.37. The maximum Gasteiger partial charge on any atom is 0.279 e. The molecule has 3 aromatic rings. The number of fused-ring (bicyclic) bond motifs is 1. The van der Waals surface area contributed by atoms with Crippen LogP contribution in [-0.2, 0) is 22.4 Å². The van der Waals surface area contributed by atoms with Gasteiger partial charge in [0.25, 0.3) is 11.5 Å². The first-order valence-electron chi connectivity index (χ1n) is 10.0. The number of aromatic nitrogens is 2. The summed E-state index contributed by atoms with van der Waals surface area (Å²) in [6.07, 6.45) is 0.141. The number of ether oxygens (including phenoxy) is 1. The summed E-state index contributed by atoms with van der Waals surface area (Å²) in [5, 5.41) is 3.38. The first-order valence-corrected chi connectivity index (χ1v) is 11.0. The third-order valence-corrected chi connectivity index (χ3v) is 6.28. The molecule has 0 spiro atoms. The van der Waals surface area contributed by atoms with E-state index in [4.69, 9.17) is 10.5 Å². The van der Waals surface area contributed by atoms with E-state index in [2.05, 4.69) is 10.3 Å². The zero-order valence-electron chi connectivity index (χ0n) is 17.4. The van der Waals surface area contributed by atoms with Gasteiger partial charge in [0.05, 0.1) is 5.56 Å². The fraction of sp³-hybridized carbons (Fsp3) is 0.217. The highest BCUT2D eigenvalue weighted by Gasteiger charge is 2.32. The van der Waals surface area contributed by atoms with Crippen molar-refractivity contribution in [3.8, 4) is 5.75 Å². The van der Waals surface area contributed by atoms with Crippen molar-refractivity contribution >= 4 is 29.4 Å². The minimum absolute atomic E-state index is 0.141. The number of anilines is 1. The van der Waals surface area contributed by atoms with Crippen molar-refractivity contribution in [3.05, 3.63) is 81.6 Å². The summed E-state index contributed by atoms with van der Waals surface area (Å²) < 4.78 is 7.05. The van der Waals surface area contributed by atoms with Crippen LogP contribution in [0.1, 0.15) is 29.0 Å². The highest BCUT2D eigenvalue weighted by Crippen LogP contribution is 2.36. The molecule has 9 heteroatoms. The summed E-state index contributed by atoms with van der Waals surface area (Å²) >= 11 is 1.44. The fourth-order valence-corrected chi connectivity index (χ4v) is 4.54. The Balaban J connectivity index is 1.63. The van der Waals surface area contributed by atoms with Crippen molar-refractivity contribution < 1.29 is 14.3 Å². The van der Waals surface area contributed by atoms with Crippen molar-refractivity contribution in [2.24, 2.45) is 12.8 Å². The van der Waals surface area contributed by atoms with Crippen LogP contribution in [0.3, 0.4) is 0 Å². The minimum Gasteiger partial charge on any atom is -0.484 e. The SMILES string of the molecule is Cn1c(SCc2ccccc2)nc(=O)c2c1NC(=O)CC2c1ccc(OCC(N)=O)cc1. The molecule has 0 saturated carbocycles. The van der Waals surface area contributed by atoms with E-state index in [1.165, 1.54) is 11.8 Å². The lowest BCUT2D eigenvalue weighted by atomic mass is 9.87. The van der Waals surface area contributed by atoms with Crippen LogP contribution in [0.25, 0.3) is 0 Å². The number of benzene rings is 2. The molecule has 0 fully saturated rings. The third kappa shape index (κ3) is 4.67. The van der Waals surface area contributed by atoms with Crippen molar-refractivity contribution in [1.82, 2.24) is 9.55 Å². The predicted molar refractivity (Wildman–Crippen MR) is 122 cm³/mol. The molecule has 0 bridgehead atoms. The average molecular weight is 451 g/mol. The van der Waals surface area contributed by atoms with Crippen molar-refractivity contribution in [1.29, 1.82) is 0 Å². The van der Waals surface area contributed by atoms with Gasteiger partial charge in [-0.1, -0.05) is 54.2 Å². The number of amides is 2. The van der Waals surface area contributed by atoms with Gasteiger partial charge in [0.1, 0.15) is 11.6 Å². The molecule has 32 heavy (non-hydrogen) atoms. The van der Waals surface area contributed by atoms with Gasteiger partial charge in [0.2, 0.25) is 5.91 Å². The fourth-order valence-electron chi connectivity index (χ4n) is 3.62. The Morgan fingerprint density at radius 2 is 1.91 bits per heavy atom. The molecule has 0 saturated heterocycles. The van der Waals surface area contributed by atoms with E-state index in [1.54, 1.807) is 35.9 Å². The molecule has 1 atom stereocenters. The van der Waals surface area contributed by atoms with Crippen LogP contribution in [0.2, 0.25) is 0 Å². The second kappa shape index (κ2) is 9.27. The van der Waals surface area contributed by atoms with Gasteiger partial charge in [-0.15, -0.1) is 0 Å². The molecule has 1 aromatic heterocycles. The molecule has 3 N–H and O–H groups in total. The van der Waals surface area contributed by atoms with Gasteiger partial charge in [0.15, 0.2) is 11.8 Å². The van der Waals surface area contributed by atoms with Crippen molar-refractivity contribution in [2.75, 3.05) is 11.9 Å². The van der Waals surface area contributed by atoms with Gasteiger partial charge in [-0.2, -0.15) is 4.98 Å². The normalized spacial score (nSPS) is 15.0. The molecule has 1 unspecified atom stereocenters. The van der Waals surface area contributed by atoms with Gasteiger partial charge in [-0.3, -0.25) is 14.4 Å². The number of thioether (sulfide) groups is 1. The lowest BCUT2D eigenvalue weighted by Crippen LogP contribution is -2.33. The summed E-state index contributed by atoms with van der Waals surface area (Å²) in [7, 11) is 1.79. The molecule has 0 aliphatic carbocycles. The Kier molecular flexibility index (Phi) is 6.27. The average Bonchev–Trinajstić information content (AvgIpc) is 2.79. The lowest BCUT2D eigenvalue weighted by Gasteiger charge is -2.27. The van der Waals surface area contributed by atoms with Crippen molar-refractivity contribution in [3.63, 3.8) is 0 Å². The Bertz CT molecular complexity index is 1210. The van der Waals surface area contributed by atoms with E-state index in [9.17, 15) is 14.4 Å². The molecule has 4 rings (SSSR count). The van der Waals surface area contributed by atoms with E-state index in [0.29, 0.717) is 28.0 Å². The Morgan fingerprint density at radius 1 is 1.19 bits per heavy atom. The topological polar surface area (TPSA) is 116 Å². The summed E-state index contributed by atoms with van der Waals surface area (Å²) in [5.74, 6) is 0.439.